The van der Waals surface area contributed by atoms with Crippen molar-refractivity contribution in [2.24, 2.45) is 0 Å². The summed E-state index contributed by atoms with van der Waals surface area (Å²) >= 11 is 7.40. The van der Waals surface area contributed by atoms with Gasteiger partial charge in [0.25, 0.3) is 0 Å². The van der Waals surface area contributed by atoms with E-state index in [1.165, 1.54) is 11.3 Å². The summed E-state index contributed by atoms with van der Waals surface area (Å²) in [6, 6.07) is 15.1. The van der Waals surface area contributed by atoms with E-state index in [0.717, 1.165) is 27.0 Å². The molecular formula is C20H18ClN5O2S. The number of hydrogen-bond donors (Lipinski definition) is 2. The van der Waals surface area contributed by atoms with Gasteiger partial charge in [-0.05, 0) is 36.4 Å². The first kappa shape index (κ1) is 19.2. The number of rotatable bonds is 7. The molecule has 9 heteroatoms. The molecule has 0 aliphatic rings. The Morgan fingerprint density at radius 3 is 2.62 bits per heavy atom. The maximum Gasteiger partial charge on any atom is 0.223 e. The van der Waals surface area contributed by atoms with Crippen molar-refractivity contribution in [1.82, 2.24) is 19.9 Å². The van der Waals surface area contributed by atoms with Crippen LogP contribution in [0.2, 0.25) is 5.02 Å². The number of carbonyl (C=O) groups excluding carboxylic acids is 1. The number of ether oxygens (including phenoxy) is 1. The smallest absolute Gasteiger partial charge is 0.223 e. The van der Waals surface area contributed by atoms with Crippen LogP contribution < -0.4 is 15.4 Å². The molecule has 0 atom stereocenters. The Morgan fingerprint density at radius 1 is 1.17 bits per heavy atom. The summed E-state index contributed by atoms with van der Waals surface area (Å²) in [6.45, 7) is 0.339. The minimum absolute atomic E-state index is 0.0451. The molecule has 4 rings (SSSR count). The van der Waals surface area contributed by atoms with Gasteiger partial charge in [-0.3, -0.25) is 4.79 Å². The Hall–Kier alpha value is -3.10. The summed E-state index contributed by atoms with van der Waals surface area (Å²) in [4.78, 5) is 16.6. The molecule has 0 fully saturated rings. The highest BCUT2D eigenvalue weighted by molar-refractivity contribution is 7.20. The van der Waals surface area contributed by atoms with Crippen molar-refractivity contribution in [3.05, 3.63) is 59.8 Å². The normalized spacial score (nSPS) is 10.8. The van der Waals surface area contributed by atoms with Gasteiger partial charge in [0.1, 0.15) is 5.75 Å². The molecule has 0 aliphatic carbocycles. The lowest BCUT2D eigenvalue weighted by molar-refractivity contribution is -0.121. The number of nitrogens with one attached hydrogen (secondary N) is 2. The number of hydrogen-bond acceptors (Lipinski definition) is 6. The highest BCUT2D eigenvalue weighted by Gasteiger charge is 2.10. The number of halogens is 1. The van der Waals surface area contributed by atoms with Gasteiger partial charge >= 0.3 is 0 Å². The molecule has 148 valence electrons. The van der Waals surface area contributed by atoms with Crippen LogP contribution in [-0.4, -0.2) is 34.2 Å². The minimum Gasteiger partial charge on any atom is -0.493 e. The average molecular weight is 428 g/mol. The van der Waals surface area contributed by atoms with Crippen molar-refractivity contribution in [1.29, 1.82) is 0 Å². The van der Waals surface area contributed by atoms with E-state index in [4.69, 9.17) is 16.3 Å². The summed E-state index contributed by atoms with van der Waals surface area (Å²) in [5, 5.41) is 11.8. The van der Waals surface area contributed by atoms with E-state index in [-0.39, 0.29) is 5.91 Å². The number of benzene rings is 2. The number of anilines is 2. The van der Waals surface area contributed by atoms with Crippen LogP contribution in [0.1, 0.15) is 6.42 Å². The second kappa shape index (κ2) is 8.50. The molecule has 0 saturated heterocycles. The van der Waals surface area contributed by atoms with Gasteiger partial charge in [-0.2, -0.15) is 0 Å². The highest BCUT2D eigenvalue weighted by atomic mass is 35.5. The zero-order chi connectivity index (χ0) is 20.2. The molecule has 0 aliphatic heterocycles. The fourth-order valence-corrected chi connectivity index (χ4v) is 3.58. The third-order valence-corrected chi connectivity index (χ3v) is 5.26. The van der Waals surface area contributed by atoms with Gasteiger partial charge in [0.05, 0.1) is 24.9 Å². The SMILES string of the molecule is CNC(=O)CCOc1ccc(Nc2nn3cc(-c4ccc(Cl)cc4)nc3s2)cc1. The molecule has 2 aromatic heterocycles. The lowest BCUT2D eigenvalue weighted by Crippen LogP contribution is -2.20. The quantitative estimate of drug-likeness (QED) is 0.457. The summed E-state index contributed by atoms with van der Waals surface area (Å²) in [6.07, 6.45) is 2.22. The summed E-state index contributed by atoms with van der Waals surface area (Å²) in [7, 11) is 1.61. The zero-order valence-electron chi connectivity index (χ0n) is 15.6. The topological polar surface area (TPSA) is 80.5 Å². The lowest BCUT2D eigenvalue weighted by atomic mass is 10.2. The molecule has 0 unspecified atom stereocenters. The van der Waals surface area contributed by atoms with Crippen molar-refractivity contribution >= 4 is 44.6 Å². The molecule has 0 radical (unpaired) electrons. The molecule has 2 heterocycles. The number of aromatic nitrogens is 3. The number of fused-ring (bicyclic) bond motifs is 1. The van der Waals surface area contributed by atoms with Gasteiger partial charge in [0.2, 0.25) is 16.0 Å². The number of carbonyl (C=O) groups is 1. The van der Waals surface area contributed by atoms with Gasteiger partial charge in [-0.1, -0.05) is 35.1 Å². The fourth-order valence-electron chi connectivity index (χ4n) is 2.65. The summed E-state index contributed by atoms with van der Waals surface area (Å²) in [5.41, 5.74) is 2.73. The van der Waals surface area contributed by atoms with Crippen molar-refractivity contribution in [3.8, 4) is 17.0 Å². The third-order valence-electron chi connectivity index (χ3n) is 4.17. The maximum atomic E-state index is 11.2. The van der Waals surface area contributed by atoms with Gasteiger partial charge in [-0.15, -0.1) is 5.10 Å². The first-order valence-electron chi connectivity index (χ1n) is 8.93. The Labute approximate surface area is 176 Å². The van der Waals surface area contributed by atoms with Crippen LogP contribution in [0.15, 0.2) is 54.7 Å². The van der Waals surface area contributed by atoms with E-state index in [0.29, 0.717) is 23.8 Å². The summed E-state index contributed by atoms with van der Waals surface area (Å²) in [5.74, 6) is 0.664. The minimum atomic E-state index is -0.0451. The second-order valence-corrected chi connectivity index (χ2v) is 7.58. The molecule has 2 N–H and O–H groups in total. The van der Waals surface area contributed by atoms with Crippen LogP contribution in [0.4, 0.5) is 10.8 Å². The molecule has 2 aromatic carbocycles. The Kier molecular flexibility index (Phi) is 5.64. The first-order chi connectivity index (χ1) is 14.1. The molecule has 7 nitrogen and oxygen atoms in total. The summed E-state index contributed by atoms with van der Waals surface area (Å²) < 4.78 is 7.32. The van der Waals surface area contributed by atoms with Crippen molar-refractivity contribution < 1.29 is 9.53 Å². The van der Waals surface area contributed by atoms with E-state index in [2.05, 4.69) is 20.7 Å². The van der Waals surface area contributed by atoms with E-state index >= 15 is 0 Å². The largest absolute Gasteiger partial charge is 0.493 e. The maximum absolute atomic E-state index is 11.2. The first-order valence-corrected chi connectivity index (χ1v) is 10.1. The van der Waals surface area contributed by atoms with Crippen LogP contribution in [0, 0.1) is 0 Å². The standard InChI is InChI=1S/C20H18ClN5O2S/c1-22-18(27)10-11-28-16-8-6-15(7-9-16)23-19-25-26-12-17(24-20(26)29-19)13-2-4-14(21)5-3-13/h2-9,12H,10-11H2,1H3,(H,22,27)(H,23,25). The van der Waals surface area contributed by atoms with Crippen LogP contribution in [0.25, 0.3) is 16.2 Å². The van der Waals surface area contributed by atoms with Crippen LogP contribution >= 0.6 is 22.9 Å². The monoisotopic (exact) mass is 427 g/mol. The molecule has 29 heavy (non-hydrogen) atoms. The molecule has 0 bridgehead atoms. The van der Waals surface area contributed by atoms with E-state index < -0.39 is 0 Å². The number of amides is 1. The predicted octanol–water partition coefficient (Wildman–Crippen LogP) is 4.37. The highest BCUT2D eigenvalue weighted by Crippen LogP contribution is 2.27. The van der Waals surface area contributed by atoms with E-state index in [1.807, 2.05) is 54.7 Å². The Balaban J connectivity index is 1.39. The van der Waals surface area contributed by atoms with Crippen LogP contribution in [0.5, 0.6) is 5.75 Å². The number of nitrogens with zero attached hydrogens (tertiary/aromatic N) is 3. The zero-order valence-corrected chi connectivity index (χ0v) is 17.1. The van der Waals surface area contributed by atoms with Crippen LogP contribution in [0.3, 0.4) is 0 Å². The van der Waals surface area contributed by atoms with Gasteiger partial charge in [0.15, 0.2) is 0 Å². The van der Waals surface area contributed by atoms with Crippen molar-refractivity contribution in [2.75, 3.05) is 19.0 Å². The lowest BCUT2D eigenvalue weighted by Gasteiger charge is -2.07. The van der Waals surface area contributed by atoms with Crippen LogP contribution in [-0.2, 0) is 4.79 Å². The van der Waals surface area contributed by atoms with Gasteiger partial charge in [0, 0.05) is 23.3 Å². The molecular weight excluding hydrogens is 410 g/mol. The molecule has 0 saturated carbocycles. The predicted molar refractivity (Wildman–Crippen MR) is 115 cm³/mol. The van der Waals surface area contributed by atoms with Gasteiger partial charge in [-0.25, -0.2) is 9.50 Å². The van der Waals surface area contributed by atoms with E-state index in [1.54, 1.807) is 11.6 Å². The van der Waals surface area contributed by atoms with Crippen molar-refractivity contribution in [3.63, 3.8) is 0 Å². The molecule has 1 amide bonds. The fraction of sp³-hybridized carbons (Fsp3) is 0.150. The van der Waals surface area contributed by atoms with Crippen molar-refractivity contribution in [2.45, 2.75) is 6.42 Å². The Morgan fingerprint density at radius 2 is 1.93 bits per heavy atom. The van der Waals surface area contributed by atoms with Gasteiger partial charge < -0.3 is 15.4 Å². The molecule has 4 aromatic rings. The second-order valence-electron chi connectivity index (χ2n) is 6.19. The van der Waals surface area contributed by atoms with E-state index in [9.17, 15) is 4.79 Å². The average Bonchev–Trinajstić information content (AvgIpc) is 3.28. The third kappa shape index (κ3) is 4.67. The molecule has 0 spiro atoms. The number of imidazole rings is 1. The Bertz CT molecular complexity index is 1090.